The minimum Gasteiger partial charge on any atom is -0.349 e. The maximum Gasteiger partial charge on any atom is 0.252 e. The van der Waals surface area contributed by atoms with Crippen molar-refractivity contribution in [2.75, 3.05) is 0 Å². The van der Waals surface area contributed by atoms with E-state index in [0.29, 0.717) is 12.0 Å². The van der Waals surface area contributed by atoms with Gasteiger partial charge in [0.05, 0.1) is 0 Å². The van der Waals surface area contributed by atoms with E-state index in [1.54, 1.807) is 0 Å². The summed E-state index contributed by atoms with van der Waals surface area (Å²) in [5, 5.41) is 3.40. The monoisotopic (exact) mass is 329 g/mol. The van der Waals surface area contributed by atoms with Gasteiger partial charge in [-0.2, -0.15) is 0 Å². The zero-order valence-electron chi connectivity index (χ0n) is 15.9. The number of hydrogen-bond acceptors (Lipinski definition) is 1. The van der Waals surface area contributed by atoms with Crippen LogP contribution in [0.3, 0.4) is 0 Å². The third-order valence-corrected chi connectivity index (χ3v) is 5.63. The predicted octanol–water partition coefficient (Wildman–Crippen LogP) is 5.68. The summed E-state index contributed by atoms with van der Waals surface area (Å²) in [6, 6.07) is 6.67. The summed E-state index contributed by atoms with van der Waals surface area (Å²) < 4.78 is 0. The number of carbonyl (C=O) groups excluding carboxylic acids is 1. The van der Waals surface area contributed by atoms with E-state index in [0.717, 1.165) is 24.8 Å². The lowest BCUT2D eigenvalue weighted by Gasteiger charge is -2.22. The highest BCUT2D eigenvalue weighted by atomic mass is 16.1. The highest BCUT2D eigenvalue weighted by molar-refractivity contribution is 5.97. The smallest absolute Gasteiger partial charge is 0.252 e. The maximum atomic E-state index is 13.0. The Hall–Kier alpha value is -1.31. The van der Waals surface area contributed by atoms with Crippen molar-refractivity contribution in [2.45, 2.75) is 91.0 Å². The van der Waals surface area contributed by atoms with Gasteiger partial charge in [0, 0.05) is 11.6 Å². The average molecular weight is 330 g/mol. The summed E-state index contributed by atoms with van der Waals surface area (Å²) >= 11 is 0. The molecule has 0 spiro atoms. The van der Waals surface area contributed by atoms with Crippen LogP contribution in [0.1, 0.15) is 93.6 Å². The van der Waals surface area contributed by atoms with E-state index >= 15 is 0 Å². The van der Waals surface area contributed by atoms with Crippen LogP contribution in [0, 0.1) is 5.92 Å². The van der Waals surface area contributed by atoms with Crippen molar-refractivity contribution in [2.24, 2.45) is 5.92 Å². The van der Waals surface area contributed by atoms with Gasteiger partial charge in [-0.25, -0.2) is 0 Å². The quantitative estimate of drug-likeness (QED) is 0.580. The van der Waals surface area contributed by atoms with Crippen LogP contribution in [-0.2, 0) is 12.8 Å². The molecule has 1 saturated carbocycles. The summed E-state index contributed by atoms with van der Waals surface area (Å²) in [6.07, 6.45) is 12.1. The molecule has 2 heteroatoms. The first-order valence-corrected chi connectivity index (χ1v) is 10.1. The third kappa shape index (κ3) is 4.84. The molecule has 0 bridgehead atoms. The number of amides is 1. The average Bonchev–Trinajstić information content (AvgIpc) is 3.04. The highest BCUT2D eigenvalue weighted by Crippen LogP contribution is 2.31. The second-order valence-corrected chi connectivity index (χ2v) is 7.28. The van der Waals surface area contributed by atoms with Gasteiger partial charge < -0.3 is 5.32 Å². The van der Waals surface area contributed by atoms with Gasteiger partial charge in [0.15, 0.2) is 0 Å². The largest absolute Gasteiger partial charge is 0.349 e. The molecule has 1 unspecified atom stereocenters. The van der Waals surface area contributed by atoms with Crippen LogP contribution in [0.2, 0.25) is 0 Å². The molecule has 0 aromatic heterocycles. The minimum absolute atomic E-state index is 0.162. The fourth-order valence-electron chi connectivity index (χ4n) is 4.18. The number of rotatable bonds is 9. The van der Waals surface area contributed by atoms with Gasteiger partial charge in [-0.05, 0) is 49.1 Å². The molecule has 1 aliphatic rings. The van der Waals surface area contributed by atoms with Gasteiger partial charge in [0.2, 0.25) is 0 Å². The molecule has 24 heavy (non-hydrogen) atoms. The molecule has 0 saturated heterocycles. The van der Waals surface area contributed by atoms with Crippen molar-refractivity contribution in [3.05, 3.63) is 34.9 Å². The van der Waals surface area contributed by atoms with E-state index in [-0.39, 0.29) is 5.91 Å². The topological polar surface area (TPSA) is 29.1 Å². The van der Waals surface area contributed by atoms with Crippen LogP contribution >= 0.6 is 0 Å². The third-order valence-electron chi connectivity index (χ3n) is 5.63. The highest BCUT2D eigenvalue weighted by Gasteiger charge is 2.29. The fourth-order valence-corrected chi connectivity index (χ4v) is 4.18. The summed E-state index contributed by atoms with van der Waals surface area (Å²) in [5.74, 6) is 0.847. The lowest BCUT2D eigenvalue weighted by atomic mass is 9.94. The Bertz CT molecular complexity index is 500. The number of aryl methyl sites for hydroxylation is 2. The molecule has 0 aliphatic heterocycles. The van der Waals surface area contributed by atoms with Crippen LogP contribution in [0.25, 0.3) is 0 Å². The Kier molecular flexibility index (Phi) is 7.81. The molecule has 1 amide bonds. The molecule has 1 aromatic rings. The number of benzene rings is 1. The van der Waals surface area contributed by atoms with Crippen LogP contribution in [0.4, 0.5) is 0 Å². The van der Waals surface area contributed by atoms with E-state index in [9.17, 15) is 4.79 Å². The SMILES string of the molecule is CCCCCC[C@@H]1CCCC1NC(=O)c1c(CC)cccc1CC. The van der Waals surface area contributed by atoms with Crippen molar-refractivity contribution in [1.82, 2.24) is 5.32 Å². The predicted molar refractivity (Wildman–Crippen MR) is 103 cm³/mol. The molecule has 2 nitrogen and oxygen atoms in total. The zero-order valence-corrected chi connectivity index (χ0v) is 15.9. The molecular formula is C22H35NO. The van der Waals surface area contributed by atoms with Gasteiger partial charge in [-0.1, -0.05) is 71.1 Å². The van der Waals surface area contributed by atoms with Gasteiger partial charge in [0.25, 0.3) is 5.91 Å². The molecule has 2 rings (SSSR count). The van der Waals surface area contributed by atoms with Gasteiger partial charge >= 0.3 is 0 Å². The first kappa shape index (κ1) is 19.0. The molecule has 0 radical (unpaired) electrons. The van der Waals surface area contributed by atoms with Crippen molar-refractivity contribution in [1.29, 1.82) is 0 Å². The van der Waals surface area contributed by atoms with Crippen LogP contribution in [0.15, 0.2) is 18.2 Å². The number of hydrogen-bond donors (Lipinski definition) is 1. The summed E-state index contributed by atoms with van der Waals surface area (Å²) in [4.78, 5) is 13.0. The van der Waals surface area contributed by atoms with Crippen molar-refractivity contribution in [3.63, 3.8) is 0 Å². The second kappa shape index (κ2) is 9.86. The standard InChI is InChI=1S/C22H35NO/c1-4-7-8-9-12-19-15-11-16-20(19)23-22(24)21-17(5-2)13-10-14-18(21)6-3/h10,13-14,19-20H,4-9,11-12,15-16H2,1-3H3,(H,23,24)/t19-,20?/m1/s1. The molecule has 134 valence electrons. The number of nitrogens with one attached hydrogen (secondary N) is 1. The number of carbonyl (C=O) groups is 1. The van der Waals surface area contributed by atoms with E-state index in [4.69, 9.17) is 0 Å². The Morgan fingerprint density at radius 2 is 1.75 bits per heavy atom. The summed E-state index contributed by atoms with van der Waals surface area (Å²) in [7, 11) is 0. The van der Waals surface area contributed by atoms with E-state index in [2.05, 4.69) is 44.3 Å². The normalized spacial score (nSPS) is 20.3. The zero-order chi connectivity index (χ0) is 17.4. The lowest BCUT2D eigenvalue weighted by molar-refractivity contribution is 0.0924. The Morgan fingerprint density at radius 1 is 1.04 bits per heavy atom. The van der Waals surface area contributed by atoms with E-state index < -0.39 is 0 Å². The first-order chi connectivity index (χ1) is 11.7. The molecule has 1 fully saturated rings. The molecule has 2 atom stereocenters. The Morgan fingerprint density at radius 3 is 2.38 bits per heavy atom. The summed E-state index contributed by atoms with van der Waals surface area (Å²) in [5.41, 5.74) is 3.31. The Balaban J connectivity index is 2.01. The first-order valence-electron chi connectivity index (χ1n) is 10.1. The molecule has 1 aliphatic carbocycles. The van der Waals surface area contributed by atoms with Crippen molar-refractivity contribution >= 4 is 5.91 Å². The fraction of sp³-hybridized carbons (Fsp3) is 0.682. The number of unbranched alkanes of at least 4 members (excludes halogenated alkanes) is 3. The van der Waals surface area contributed by atoms with Crippen molar-refractivity contribution in [3.8, 4) is 0 Å². The molecular weight excluding hydrogens is 294 g/mol. The van der Waals surface area contributed by atoms with Gasteiger partial charge in [-0.3, -0.25) is 4.79 Å². The second-order valence-electron chi connectivity index (χ2n) is 7.28. The maximum absolute atomic E-state index is 13.0. The van der Waals surface area contributed by atoms with Gasteiger partial charge in [0.1, 0.15) is 0 Å². The van der Waals surface area contributed by atoms with E-state index in [1.165, 1.54) is 56.1 Å². The van der Waals surface area contributed by atoms with Crippen LogP contribution in [0.5, 0.6) is 0 Å². The lowest BCUT2D eigenvalue weighted by Crippen LogP contribution is -2.38. The molecule has 1 aromatic carbocycles. The minimum atomic E-state index is 0.162. The Labute approximate surface area is 148 Å². The summed E-state index contributed by atoms with van der Waals surface area (Å²) in [6.45, 7) is 6.53. The van der Waals surface area contributed by atoms with E-state index in [1.807, 2.05) is 0 Å². The molecule has 0 heterocycles. The van der Waals surface area contributed by atoms with Crippen LogP contribution in [-0.4, -0.2) is 11.9 Å². The van der Waals surface area contributed by atoms with Crippen molar-refractivity contribution < 1.29 is 4.79 Å². The van der Waals surface area contributed by atoms with Gasteiger partial charge in [-0.15, -0.1) is 0 Å². The molecule has 1 N–H and O–H groups in total. The van der Waals surface area contributed by atoms with Crippen LogP contribution < -0.4 is 5.32 Å².